The van der Waals surface area contributed by atoms with E-state index in [2.05, 4.69) is 4.74 Å². The lowest BCUT2D eigenvalue weighted by molar-refractivity contribution is -0.266. The van der Waals surface area contributed by atoms with Gasteiger partial charge in [-0.3, -0.25) is 0 Å². The minimum atomic E-state index is -5.20. The van der Waals surface area contributed by atoms with Crippen LogP contribution in [0.5, 0.6) is 0 Å². The summed E-state index contributed by atoms with van der Waals surface area (Å²) >= 11 is 0. The largest absolute Gasteiger partial charge is 0.466 e. The molecular weight excluding hydrogens is 239 g/mol. The van der Waals surface area contributed by atoms with Crippen molar-refractivity contribution in [3.05, 3.63) is 29.8 Å². The lowest BCUT2D eigenvalue weighted by Crippen LogP contribution is -2.49. The monoisotopic (exact) mass is 249 g/mol. The molecule has 1 atom stereocenters. The van der Waals surface area contributed by atoms with Gasteiger partial charge in [-0.1, -0.05) is 12.1 Å². The summed E-state index contributed by atoms with van der Waals surface area (Å²) in [5, 5.41) is 9.56. The Morgan fingerprint density at radius 2 is 2.00 bits per heavy atom. The Kier molecular flexibility index (Phi) is 3.33. The Morgan fingerprint density at radius 1 is 1.41 bits per heavy atom. The number of hydrogen-bond donors (Lipinski definition) is 2. The highest BCUT2D eigenvalue weighted by atomic mass is 19.4. The van der Waals surface area contributed by atoms with E-state index in [-0.39, 0.29) is 5.69 Å². The Morgan fingerprint density at radius 3 is 2.41 bits per heavy atom. The van der Waals surface area contributed by atoms with E-state index in [1.807, 2.05) is 0 Å². The molecule has 4 nitrogen and oxygen atoms in total. The number of esters is 1. The molecule has 3 N–H and O–H groups in total. The van der Waals surface area contributed by atoms with E-state index < -0.39 is 23.3 Å². The first-order valence-corrected chi connectivity index (χ1v) is 4.47. The maximum atomic E-state index is 12.8. The van der Waals surface area contributed by atoms with E-state index in [1.54, 1.807) is 0 Å². The second-order valence-electron chi connectivity index (χ2n) is 3.33. The lowest BCUT2D eigenvalue weighted by atomic mass is 9.93. The Labute approximate surface area is 94.8 Å². The summed E-state index contributed by atoms with van der Waals surface area (Å²) in [6, 6.07) is 4.34. The van der Waals surface area contributed by atoms with E-state index in [0.29, 0.717) is 0 Å². The third kappa shape index (κ3) is 2.19. The van der Waals surface area contributed by atoms with E-state index in [9.17, 15) is 23.1 Å². The van der Waals surface area contributed by atoms with Crippen molar-refractivity contribution in [3.63, 3.8) is 0 Å². The van der Waals surface area contributed by atoms with Gasteiger partial charge >= 0.3 is 12.1 Å². The van der Waals surface area contributed by atoms with Gasteiger partial charge in [0.2, 0.25) is 0 Å². The highest BCUT2D eigenvalue weighted by molar-refractivity contribution is 5.82. The summed E-state index contributed by atoms with van der Waals surface area (Å²) in [5.41, 5.74) is 0.909. The molecule has 7 heteroatoms. The zero-order valence-electron chi connectivity index (χ0n) is 8.78. The van der Waals surface area contributed by atoms with Crippen molar-refractivity contribution in [1.29, 1.82) is 0 Å². The van der Waals surface area contributed by atoms with Gasteiger partial charge in [0.25, 0.3) is 5.60 Å². The van der Waals surface area contributed by atoms with Crippen LogP contribution in [-0.4, -0.2) is 24.4 Å². The quantitative estimate of drug-likeness (QED) is 0.610. The zero-order valence-corrected chi connectivity index (χ0v) is 8.78. The Hall–Kier alpha value is -1.76. The third-order valence-electron chi connectivity index (χ3n) is 2.20. The van der Waals surface area contributed by atoms with Crippen LogP contribution in [0, 0.1) is 0 Å². The number of nitrogens with two attached hydrogens (primary N) is 1. The molecule has 1 rings (SSSR count). The second kappa shape index (κ2) is 4.25. The molecule has 0 radical (unpaired) electrons. The topological polar surface area (TPSA) is 72.5 Å². The summed E-state index contributed by atoms with van der Waals surface area (Å²) in [6.45, 7) is 0. The van der Waals surface area contributed by atoms with Crippen LogP contribution in [0.25, 0.3) is 0 Å². The maximum absolute atomic E-state index is 12.8. The van der Waals surface area contributed by atoms with Crippen LogP contribution in [-0.2, 0) is 15.1 Å². The van der Waals surface area contributed by atoms with E-state index in [0.717, 1.165) is 19.2 Å². The molecule has 0 fully saturated rings. The van der Waals surface area contributed by atoms with Crippen molar-refractivity contribution in [2.24, 2.45) is 0 Å². The van der Waals surface area contributed by atoms with Crippen LogP contribution >= 0.6 is 0 Å². The minimum Gasteiger partial charge on any atom is -0.466 e. The number of halogens is 3. The molecule has 17 heavy (non-hydrogen) atoms. The first-order valence-electron chi connectivity index (χ1n) is 4.47. The number of carbonyl (C=O) groups excluding carboxylic acids is 1. The summed E-state index contributed by atoms with van der Waals surface area (Å²) < 4.78 is 42.3. The molecule has 0 spiro atoms. The van der Waals surface area contributed by atoms with Gasteiger partial charge in [0.05, 0.1) is 7.11 Å². The average molecular weight is 249 g/mol. The van der Waals surface area contributed by atoms with Gasteiger partial charge < -0.3 is 15.6 Å². The summed E-state index contributed by atoms with van der Waals surface area (Å²) in [5.74, 6) is -1.81. The molecule has 0 saturated heterocycles. The number of benzene rings is 1. The van der Waals surface area contributed by atoms with Gasteiger partial charge in [-0.05, 0) is 12.1 Å². The molecule has 0 saturated carbocycles. The number of rotatable bonds is 2. The number of ether oxygens (including phenoxy) is 1. The standard InChI is InChI=1S/C10H10F3NO3/c1-17-8(15)9(16,10(11,12)13)6-3-2-4-7(14)5-6/h2-5,16H,14H2,1H3. The SMILES string of the molecule is COC(=O)C(O)(c1cccc(N)c1)C(F)(F)F. The number of nitrogen functional groups attached to an aromatic ring is 1. The van der Waals surface area contributed by atoms with Crippen molar-refractivity contribution in [2.45, 2.75) is 11.8 Å². The predicted octanol–water partition coefficient (Wildman–Crippen LogP) is 1.19. The zero-order chi connectivity index (χ0) is 13.3. The molecule has 94 valence electrons. The molecule has 0 amide bonds. The molecule has 1 unspecified atom stereocenters. The van der Waals surface area contributed by atoms with Crippen LogP contribution < -0.4 is 5.73 Å². The molecule has 1 aromatic rings. The summed E-state index contributed by atoms with van der Waals surface area (Å²) in [4.78, 5) is 11.2. The van der Waals surface area contributed by atoms with Gasteiger partial charge in [-0.2, -0.15) is 13.2 Å². The number of anilines is 1. The smallest absolute Gasteiger partial charge is 0.432 e. The predicted molar refractivity (Wildman–Crippen MR) is 52.8 cm³/mol. The number of hydrogen-bond acceptors (Lipinski definition) is 4. The van der Waals surface area contributed by atoms with Gasteiger partial charge in [0.1, 0.15) is 0 Å². The minimum absolute atomic E-state index is 0.00548. The number of alkyl halides is 3. The van der Waals surface area contributed by atoms with E-state index in [1.165, 1.54) is 12.1 Å². The fourth-order valence-corrected chi connectivity index (χ4v) is 1.31. The molecule has 0 heterocycles. The van der Waals surface area contributed by atoms with Crippen molar-refractivity contribution in [2.75, 3.05) is 12.8 Å². The number of aliphatic hydroxyl groups is 1. The number of methoxy groups -OCH3 is 1. The lowest BCUT2D eigenvalue weighted by Gasteiger charge is -2.28. The van der Waals surface area contributed by atoms with Crippen LogP contribution in [0.1, 0.15) is 5.56 Å². The molecule has 0 aliphatic carbocycles. The van der Waals surface area contributed by atoms with Crippen molar-refractivity contribution in [1.82, 2.24) is 0 Å². The van der Waals surface area contributed by atoms with Crippen LogP contribution in [0.2, 0.25) is 0 Å². The van der Waals surface area contributed by atoms with E-state index >= 15 is 0 Å². The van der Waals surface area contributed by atoms with Crippen LogP contribution in [0.4, 0.5) is 18.9 Å². The van der Waals surface area contributed by atoms with Gasteiger partial charge in [-0.15, -0.1) is 0 Å². The number of carbonyl (C=O) groups is 1. The normalized spacial score (nSPS) is 15.1. The molecule has 0 aliphatic heterocycles. The fourth-order valence-electron chi connectivity index (χ4n) is 1.31. The van der Waals surface area contributed by atoms with Crippen LogP contribution in [0.3, 0.4) is 0 Å². The van der Waals surface area contributed by atoms with Gasteiger partial charge in [-0.25, -0.2) is 4.79 Å². The van der Waals surface area contributed by atoms with Crippen molar-refractivity contribution in [3.8, 4) is 0 Å². The van der Waals surface area contributed by atoms with E-state index in [4.69, 9.17) is 5.73 Å². The fraction of sp³-hybridized carbons (Fsp3) is 0.300. The molecule has 0 bridgehead atoms. The highest BCUT2D eigenvalue weighted by Gasteiger charge is 2.62. The van der Waals surface area contributed by atoms with Gasteiger partial charge in [0.15, 0.2) is 0 Å². The van der Waals surface area contributed by atoms with Crippen molar-refractivity contribution >= 4 is 11.7 Å². The van der Waals surface area contributed by atoms with Gasteiger partial charge in [0, 0.05) is 11.3 Å². The molecule has 1 aromatic carbocycles. The Bertz CT molecular complexity index is 433. The highest BCUT2D eigenvalue weighted by Crippen LogP contribution is 2.40. The second-order valence-corrected chi connectivity index (χ2v) is 3.33. The molecule has 0 aliphatic rings. The third-order valence-corrected chi connectivity index (χ3v) is 2.20. The van der Waals surface area contributed by atoms with Crippen molar-refractivity contribution < 1.29 is 27.8 Å². The molecule has 0 aromatic heterocycles. The summed E-state index contributed by atoms with van der Waals surface area (Å²) in [7, 11) is 0.755. The Balaban J connectivity index is 3.40. The summed E-state index contributed by atoms with van der Waals surface area (Å²) in [6.07, 6.45) is -5.20. The maximum Gasteiger partial charge on any atom is 0.432 e. The average Bonchev–Trinajstić information content (AvgIpc) is 2.25. The van der Waals surface area contributed by atoms with Crippen LogP contribution in [0.15, 0.2) is 24.3 Å². The molecular formula is C10H10F3NO3. The first-order chi connectivity index (χ1) is 7.73. The first kappa shape index (κ1) is 13.3.